The number of halogens is 3. The average Bonchev–Trinajstić information content (AvgIpc) is 3.43. The average molecular weight is 599 g/mol. The highest BCUT2D eigenvalue weighted by Crippen LogP contribution is 2.32. The van der Waals surface area contributed by atoms with Gasteiger partial charge in [0.05, 0.1) is 35.6 Å². The topological polar surface area (TPSA) is 86.0 Å². The summed E-state index contributed by atoms with van der Waals surface area (Å²) < 4.78 is 43.2. The van der Waals surface area contributed by atoms with Crippen molar-refractivity contribution in [2.24, 2.45) is 5.92 Å². The molecule has 42 heavy (non-hydrogen) atoms. The minimum atomic E-state index is -4.50. The fraction of sp³-hybridized carbons (Fsp3) is 0.419. The molecule has 0 saturated heterocycles. The van der Waals surface area contributed by atoms with E-state index in [1.807, 2.05) is 20.8 Å². The maximum absolute atomic E-state index is 13.8. The summed E-state index contributed by atoms with van der Waals surface area (Å²) >= 11 is 5.65. The molecule has 2 N–H and O–H groups in total. The maximum Gasteiger partial charge on any atom is 0.416 e. The number of imidazole rings is 1. The summed E-state index contributed by atoms with van der Waals surface area (Å²) in [5.41, 5.74) is 1.37. The summed E-state index contributed by atoms with van der Waals surface area (Å²) in [6.07, 6.45) is 1.32. The van der Waals surface area contributed by atoms with Crippen molar-refractivity contribution in [1.82, 2.24) is 25.1 Å². The number of nitrogens with one attached hydrogen (secondary N) is 2. The second-order valence-corrected chi connectivity index (χ2v) is 10.7. The number of thiocarbonyl (C=S) groups is 1. The Labute approximate surface area is 250 Å². The van der Waals surface area contributed by atoms with E-state index in [0.717, 1.165) is 31.0 Å². The van der Waals surface area contributed by atoms with E-state index < -0.39 is 11.7 Å². The Morgan fingerprint density at radius 3 is 2.52 bits per heavy atom. The van der Waals surface area contributed by atoms with Crippen LogP contribution in [0.1, 0.15) is 62.4 Å². The lowest BCUT2D eigenvalue weighted by Gasteiger charge is -2.34. The first-order chi connectivity index (χ1) is 20.1. The highest BCUT2D eigenvalue weighted by atomic mass is 32.1. The first kappa shape index (κ1) is 32.6. The van der Waals surface area contributed by atoms with Crippen molar-refractivity contribution in [2.45, 2.75) is 65.2 Å². The van der Waals surface area contributed by atoms with Crippen LogP contribution >= 0.6 is 12.2 Å². The van der Waals surface area contributed by atoms with E-state index in [-0.39, 0.29) is 42.9 Å². The van der Waals surface area contributed by atoms with Gasteiger partial charge < -0.3 is 20.1 Å². The Morgan fingerprint density at radius 1 is 1.17 bits per heavy atom. The smallest absolute Gasteiger partial charge is 0.363 e. The van der Waals surface area contributed by atoms with E-state index >= 15 is 0 Å². The fourth-order valence-electron chi connectivity index (χ4n) is 4.54. The summed E-state index contributed by atoms with van der Waals surface area (Å²) in [5, 5.41) is 15.7. The number of nitrogens with zero attached hydrogens (tertiary/aromatic N) is 4. The van der Waals surface area contributed by atoms with Gasteiger partial charge in [-0.05, 0) is 60.5 Å². The van der Waals surface area contributed by atoms with Crippen LogP contribution in [-0.2, 0) is 23.9 Å². The highest BCUT2D eigenvalue weighted by Gasteiger charge is 2.34. The van der Waals surface area contributed by atoms with Gasteiger partial charge in [-0.1, -0.05) is 51.8 Å². The van der Waals surface area contributed by atoms with Crippen molar-refractivity contribution in [2.75, 3.05) is 13.1 Å². The number of hydrogen-bond donors (Lipinski definition) is 2. The Kier molecular flexibility index (Phi) is 11.9. The Hall–Kier alpha value is -3.91. The molecule has 2 atom stereocenters. The predicted octanol–water partition coefficient (Wildman–Crippen LogP) is 6.01. The third-order valence-corrected chi connectivity index (χ3v) is 7.61. The zero-order valence-electron chi connectivity index (χ0n) is 24.1. The molecule has 1 aromatic heterocycles. The van der Waals surface area contributed by atoms with E-state index in [0.29, 0.717) is 22.9 Å². The lowest BCUT2D eigenvalue weighted by Crippen LogP contribution is -2.51. The van der Waals surface area contributed by atoms with Gasteiger partial charge in [-0.15, -0.1) is 0 Å². The Balaban J connectivity index is 1.81. The fourth-order valence-corrected chi connectivity index (χ4v) is 4.78. The van der Waals surface area contributed by atoms with Gasteiger partial charge in [0.1, 0.15) is 0 Å². The van der Waals surface area contributed by atoms with E-state index in [4.69, 9.17) is 17.5 Å². The minimum absolute atomic E-state index is 0.0242. The molecular weight excluding hydrogens is 561 g/mol. The Morgan fingerprint density at radius 2 is 1.88 bits per heavy atom. The van der Waals surface area contributed by atoms with E-state index in [1.54, 1.807) is 52.3 Å². The number of aromatic nitrogens is 2. The van der Waals surface area contributed by atoms with Crippen LogP contribution in [0.2, 0.25) is 0 Å². The molecule has 0 radical (unpaired) electrons. The summed E-state index contributed by atoms with van der Waals surface area (Å²) in [5.74, 6) is -0.215. The Bertz CT molecular complexity index is 1370. The number of amides is 1. The van der Waals surface area contributed by atoms with Crippen molar-refractivity contribution < 1.29 is 18.0 Å². The zero-order valence-corrected chi connectivity index (χ0v) is 24.9. The van der Waals surface area contributed by atoms with Crippen molar-refractivity contribution in [3.63, 3.8) is 0 Å². The van der Waals surface area contributed by atoms with Crippen LogP contribution in [0.3, 0.4) is 0 Å². The molecule has 3 rings (SSSR count). The number of carbonyl (C=O) groups excluding carboxylic acids is 1. The third kappa shape index (κ3) is 9.05. The van der Waals surface area contributed by atoms with Gasteiger partial charge >= 0.3 is 6.18 Å². The summed E-state index contributed by atoms with van der Waals surface area (Å²) in [7, 11) is 0. The van der Waals surface area contributed by atoms with Crippen molar-refractivity contribution in [3.05, 3.63) is 83.4 Å². The SMILES string of the molecule is CCCCNC(=S)N(Cc1ccccc1C(F)(F)F)CC(NC(=O)Cc1cncn1-c1ccc(C#N)cc1)C(C)CC. The summed E-state index contributed by atoms with van der Waals surface area (Å²) in [6.45, 7) is 6.84. The lowest BCUT2D eigenvalue weighted by molar-refractivity contribution is -0.138. The molecule has 3 aromatic rings. The maximum atomic E-state index is 13.8. The second-order valence-electron chi connectivity index (χ2n) is 10.3. The molecule has 0 fully saturated rings. The van der Waals surface area contributed by atoms with E-state index in [1.165, 1.54) is 12.1 Å². The molecule has 1 amide bonds. The van der Waals surface area contributed by atoms with Crippen molar-refractivity contribution in [3.8, 4) is 11.8 Å². The van der Waals surface area contributed by atoms with E-state index in [2.05, 4.69) is 21.7 Å². The van der Waals surface area contributed by atoms with Gasteiger partial charge in [-0.25, -0.2) is 4.98 Å². The first-order valence-corrected chi connectivity index (χ1v) is 14.5. The normalized spacial score (nSPS) is 12.7. The van der Waals surface area contributed by atoms with Crippen LogP contribution in [-0.4, -0.2) is 44.6 Å². The molecule has 2 unspecified atom stereocenters. The van der Waals surface area contributed by atoms with Crippen LogP contribution in [0.4, 0.5) is 13.2 Å². The highest BCUT2D eigenvalue weighted by molar-refractivity contribution is 7.80. The molecule has 11 heteroatoms. The molecule has 0 spiro atoms. The molecule has 224 valence electrons. The third-order valence-electron chi connectivity index (χ3n) is 7.20. The molecule has 0 aliphatic heterocycles. The standard InChI is InChI=1S/C31H37F3N6OS/c1-4-6-15-37-30(42)39(19-24-9-7-8-10-27(24)31(32,33)34)20-28(22(3)5-2)38-29(41)16-26-18-36-21-40(26)25-13-11-23(17-35)12-14-25/h7-14,18,21-22,28H,4-6,15-16,19-20H2,1-3H3,(H,37,42)(H,38,41). The summed E-state index contributed by atoms with van der Waals surface area (Å²) in [4.78, 5) is 19.2. The molecule has 1 heterocycles. The van der Waals surface area contributed by atoms with Gasteiger partial charge in [0.15, 0.2) is 5.11 Å². The number of nitriles is 1. The van der Waals surface area contributed by atoms with Crippen LogP contribution in [0.25, 0.3) is 5.69 Å². The van der Waals surface area contributed by atoms with Crippen LogP contribution in [0.5, 0.6) is 0 Å². The van der Waals surface area contributed by atoms with Crippen LogP contribution in [0.15, 0.2) is 61.1 Å². The molecule has 2 aromatic carbocycles. The predicted molar refractivity (Wildman–Crippen MR) is 161 cm³/mol. The molecule has 0 bridgehead atoms. The van der Waals surface area contributed by atoms with Crippen LogP contribution in [0, 0.1) is 17.2 Å². The molecule has 0 aliphatic rings. The van der Waals surface area contributed by atoms with Gasteiger partial charge in [0, 0.05) is 37.6 Å². The first-order valence-electron chi connectivity index (χ1n) is 14.1. The van der Waals surface area contributed by atoms with Crippen molar-refractivity contribution >= 4 is 23.2 Å². The number of benzene rings is 2. The molecule has 0 saturated carbocycles. The molecule has 7 nitrogen and oxygen atoms in total. The number of alkyl halides is 3. The lowest BCUT2D eigenvalue weighted by atomic mass is 9.97. The monoisotopic (exact) mass is 598 g/mol. The number of rotatable bonds is 13. The van der Waals surface area contributed by atoms with Gasteiger partial charge in [0.25, 0.3) is 0 Å². The second kappa shape index (κ2) is 15.4. The zero-order chi connectivity index (χ0) is 30.7. The number of carbonyl (C=O) groups is 1. The largest absolute Gasteiger partial charge is 0.416 e. The quantitative estimate of drug-likeness (QED) is 0.185. The van der Waals surface area contributed by atoms with Gasteiger partial charge in [0.2, 0.25) is 5.91 Å². The minimum Gasteiger partial charge on any atom is -0.363 e. The number of hydrogen-bond acceptors (Lipinski definition) is 4. The summed E-state index contributed by atoms with van der Waals surface area (Å²) in [6, 6.07) is 14.2. The van der Waals surface area contributed by atoms with E-state index in [9.17, 15) is 18.0 Å². The molecule has 0 aliphatic carbocycles. The number of unbranched alkanes of at least 4 members (excludes halogenated alkanes) is 1. The van der Waals surface area contributed by atoms with Crippen LogP contribution < -0.4 is 10.6 Å². The van der Waals surface area contributed by atoms with Gasteiger partial charge in [-0.3, -0.25) is 4.79 Å². The van der Waals surface area contributed by atoms with Gasteiger partial charge in [-0.2, -0.15) is 18.4 Å². The van der Waals surface area contributed by atoms with Crippen molar-refractivity contribution in [1.29, 1.82) is 5.26 Å². The molecular formula is C31H37F3N6OS.